The van der Waals surface area contributed by atoms with Crippen molar-refractivity contribution < 1.29 is 4.74 Å². The van der Waals surface area contributed by atoms with Gasteiger partial charge in [-0.15, -0.1) is 0 Å². The zero-order valence-corrected chi connectivity index (χ0v) is 12.4. The lowest BCUT2D eigenvalue weighted by Gasteiger charge is -2.30. The average Bonchev–Trinajstić information content (AvgIpc) is 2.57. The van der Waals surface area contributed by atoms with Gasteiger partial charge >= 0.3 is 0 Å². The van der Waals surface area contributed by atoms with Gasteiger partial charge in [0, 0.05) is 25.7 Å². The fourth-order valence-electron chi connectivity index (χ4n) is 1.99. The molecule has 0 bridgehead atoms. The van der Waals surface area contributed by atoms with Gasteiger partial charge in [-0.25, -0.2) is 4.68 Å². The van der Waals surface area contributed by atoms with Gasteiger partial charge in [0.25, 0.3) is 0 Å². The van der Waals surface area contributed by atoms with Crippen LogP contribution in [-0.2, 0) is 4.74 Å². The van der Waals surface area contributed by atoms with Gasteiger partial charge < -0.3 is 15.4 Å². The highest BCUT2D eigenvalue weighted by atomic mass is 16.5. The molecular weight excluding hydrogens is 228 g/mol. The van der Waals surface area contributed by atoms with E-state index in [4.69, 9.17) is 10.5 Å². The van der Waals surface area contributed by atoms with E-state index in [1.807, 2.05) is 11.6 Å². The van der Waals surface area contributed by atoms with E-state index < -0.39 is 0 Å². The summed E-state index contributed by atoms with van der Waals surface area (Å²) in [6.07, 6.45) is 0. The maximum absolute atomic E-state index is 6.19. The summed E-state index contributed by atoms with van der Waals surface area (Å²) in [6, 6.07) is 0.649. The molecule has 0 spiro atoms. The van der Waals surface area contributed by atoms with Gasteiger partial charge in [0.1, 0.15) is 0 Å². The molecule has 18 heavy (non-hydrogen) atoms. The number of hydrogen-bond acceptors (Lipinski definition) is 4. The van der Waals surface area contributed by atoms with E-state index in [1.54, 1.807) is 7.11 Å². The van der Waals surface area contributed by atoms with E-state index in [0.29, 0.717) is 18.7 Å². The van der Waals surface area contributed by atoms with Crippen molar-refractivity contribution in [1.82, 2.24) is 9.78 Å². The van der Waals surface area contributed by atoms with Gasteiger partial charge in [-0.1, -0.05) is 0 Å². The molecule has 1 aromatic rings. The molecule has 0 radical (unpaired) electrons. The molecule has 0 aliphatic heterocycles. The Hall–Kier alpha value is -1.23. The highest BCUT2D eigenvalue weighted by molar-refractivity contribution is 5.66. The molecule has 1 heterocycles. The molecule has 0 aliphatic carbocycles. The Morgan fingerprint density at radius 1 is 1.33 bits per heavy atom. The van der Waals surface area contributed by atoms with Gasteiger partial charge in [0.15, 0.2) is 5.82 Å². The van der Waals surface area contributed by atoms with Crippen LogP contribution in [0.4, 0.5) is 11.5 Å². The third-order valence-electron chi connectivity index (χ3n) is 3.03. The summed E-state index contributed by atoms with van der Waals surface area (Å²) in [7, 11) is 1.72. The molecule has 0 aromatic carbocycles. The molecule has 0 saturated heterocycles. The molecule has 0 atom stereocenters. The van der Waals surface area contributed by atoms with E-state index in [1.165, 1.54) is 0 Å². The smallest absolute Gasteiger partial charge is 0.151 e. The molecule has 5 heteroatoms. The van der Waals surface area contributed by atoms with Crippen molar-refractivity contribution in [3.8, 4) is 0 Å². The van der Waals surface area contributed by atoms with Crippen LogP contribution in [0.2, 0.25) is 0 Å². The van der Waals surface area contributed by atoms with Crippen LogP contribution in [-0.4, -0.2) is 36.1 Å². The molecular formula is C13H26N4O. The molecule has 104 valence electrons. The predicted octanol–water partition coefficient (Wildman–Crippen LogP) is 2.22. The Morgan fingerprint density at radius 2 is 1.94 bits per heavy atom. The topological polar surface area (TPSA) is 56.3 Å². The molecule has 1 rings (SSSR count). The maximum Gasteiger partial charge on any atom is 0.151 e. The number of aromatic nitrogens is 2. The van der Waals surface area contributed by atoms with Crippen molar-refractivity contribution in [3.05, 3.63) is 5.69 Å². The first-order valence-electron chi connectivity index (χ1n) is 6.50. The van der Waals surface area contributed by atoms with Crippen molar-refractivity contribution in [2.45, 2.75) is 46.7 Å². The second-order valence-electron chi connectivity index (χ2n) is 5.14. The second-order valence-corrected chi connectivity index (χ2v) is 5.14. The second kappa shape index (κ2) is 6.09. The van der Waals surface area contributed by atoms with Crippen molar-refractivity contribution in [2.75, 3.05) is 30.9 Å². The quantitative estimate of drug-likeness (QED) is 0.845. The fourth-order valence-corrected chi connectivity index (χ4v) is 1.99. The summed E-state index contributed by atoms with van der Waals surface area (Å²) >= 11 is 0. The molecule has 1 aromatic heterocycles. The molecule has 0 aliphatic rings. The van der Waals surface area contributed by atoms with Crippen LogP contribution < -0.4 is 10.6 Å². The molecule has 0 saturated carbocycles. The first-order valence-corrected chi connectivity index (χ1v) is 6.50. The Bertz CT molecular complexity index is 385. The van der Waals surface area contributed by atoms with Crippen LogP contribution in [0.15, 0.2) is 0 Å². The Balaban J connectivity index is 3.17. The maximum atomic E-state index is 6.19. The van der Waals surface area contributed by atoms with Crippen LogP contribution in [0.1, 0.15) is 39.4 Å². The van der Waals surface area contributed by atoms with Gasteiger partial charge in [0.05, 0.1) is 18.0 Å². The summed E-state index contributed by atoms with van der Waals surface area (Å²) in [5.41, 5.74) is 7.85. The summed E-state index contributed by atoms with van der Waals surface area (Å²) < 4.78 is 7.18. The normalized spacial score (nSPS) is 11.6. The summed E-state index contributed by atoms with van der Waals surface area (Å²) in [5.74, 6) is 1.01. The molecule has 0 unspecified atom stereocenters. The fraction of sp³-hybridized carbons (Fsp3) is 0.769. The lowest BCUT2D eigenvalue weighted by atomic mass is 10.2. The molecule has 0 amide bonds. The molecule has 0 fully saturated rings. The average molecular weight is 254 g/mol. The van der Waals surface area contributed by atoms with Crippen molar-refractivity contribution in [1.29, 1.82) is 0 Å². The lowest BCUT2D eigenvalue weighted by molar-refractivity contribution is 0.203. The minimum absolute atomic E-state index is 0.291. The van der Waals surface area contributed by atoms with Crippen LogP contribution in [0.3, 0.4) is 0 Å². The van der Waals surface area contributed by atoms with E-state index in [9.17, 15) is 0 Å². The predicted molar refractivity (Wildman–Crippen MR) is 76.1 cm³/mol. The summed E-state index contributed by atoms with van der Waals surface area (Å²) in [5, 5.41) is 4.53. The first kappa shape index (κ1) is 14.8. The number of anilines is 2. The number of nitrogens with zero attached hydrogens (tertiary/aromatic N) is 3. The third-order valence-corrected chi connectivity index (χ3v) is 3.03. The Labute approximate surface area is 110 Å². The molecule has 2 N–H and O–H groups in total. The SMILES string of the molecule is COCCN(c1c(N)c(C)nn1C(C)C)C(C)C. The van der Waals surface area contributed by atoms with Crippen LogP contribution in [0.5, 0.6) is 0 Å². The number of aryl methyl sites for hydroxylation is 1. The largest absolute Gasteiger partial charge is 0.394 e. The Morgan fingerprint density at radius 3 is 2.39 bits per heavy atom. The van der Waals surface area contributed by atoms with E-state index in [-0.39, 0.29) is 0 Å². The van der Waals surface area contributed by atoms with Gasteiger partial charge in [-0.2, -0.15) is 5.10 Å². The number of rotatable bonds is 6. The highest BCUT2D eigenvalue weighted by Gasteiger charge is 2.22. The third kappa shape index (κ3) is 2.96. The molecule has 5 nitrogen and oxygen atoms in total. The Kier molecular flexibility index (Phi) is 5.02. The van der Waals surface area contributed by atoms with E-state index >= 15 is 0 Å². The lowest BCUT2D eigenvalue weighted by Crippen LogP contribution is -2.36. The summed E-state index contributed by atoms with van der Waals surface area (Å²) in [6.45, 7) is 12.0. The number of methoxy groups -OCH3 is 1. The standard InChI is InChI=1S/C13H26N4O/c1-9(2)16(7-8-18-6)13-12(14)11(5)15-17(13)10(3)4/h9-10H,7-8,14H2,1-6H3. The van der Waals surface area contributed by atoms with E-state index in [0.717, 1.165) is 23.7 Å². The van der Waals surface area contributed by atoms with Crippen LogP contribution in [0.25, 0.3) is 0 Å². The number of nitrogens with two attached hydrogens (primary N) is 1. The van der Waals surface area contributed by atoms with Crippen molar-refractivity contribution in [3.63, 3.8) is 0 Å². The number of nitrogen functional groups attached to an aromatic ring is 1. The minimum Gasteiger partial charge on any atom is -0.394 e. The van der Waals surface area contributed by atoms with Gasteiger partial charge in [-0.3, -0.25) is 0 Å². The monoisotopic (exact) mass is 254 g/mol. The van der Waals surface area contributed by atoms with Crippen molar-refractivity contribution in [2.24, 2.45) is 0 Å². The number of ether oxygens (including phenoxy) is 1. The van der Waals surface area contributed by atoms with E-state index in [2.05, 4.69) is 37.7 Å². The summed E-state index contributed by atoms with van der Waals surface area (Å²) in [4.78, 5) is 2.25. The zero-order chi connectivity index (χ0) is 13.9. The highest BCUT2D eigenvalue weighted by Crippen LogP contribution is 2.30. The van der Waals surface area contributed by atoms with Crippen molar-refractivity contribution >= 4 is 11.5 Å². The van der Waals surface area contributed by atoms with Crippen LogP contribution >= 0.6 is 0 Å². The van der Waals surface area contributed by atoms with Gasteiger partial charge in [0.2, 0.25) is 0 Å². The van der Waals surface area contributed by atoms with Gasteiger partial charge in [-0.05, 0) is 34.6 Å². The van der Waals surface area contributed by atoms with Crippen LogP contribution in [0, 0.1) is 6.92 Å². The number of hydrogen-bond donors (Lipinski definition) is 1. The first-order chi connectivity index (χ1) is 8.40. The zero-order valence-electron chi connectivity index (χ0n) is 12.4. The minimum atomic E-state index is 0.291.